The first-order valence-electron chi connectivity index (χ1n) is 7.62. The first-order valence-corrected chi connectivity index (χ1v) is 7.62. The third kappa shape index (κ3) is 5.34. The summed E-state index contributed by atoms with van der Waals surface area (Å²) in [5.74, 6) is 0. The molecule has 1 heteroatoms. The molecule has 0 spiro atoms. The molecule has 1 rings (SSSR count). The second kappa shape index (κ2) is 9.04. The van der Waals surface area contributed by atoms with Crippen molar-refractivity contribution in [3.63, 3.8) is 0 Å². The second-order valence-electron chi connectivity index (χ2n) is 5.39. The van der Waals surface area contributed by atoms with E-state index in [-0.39, 0.29) is 0 Å². The van der Waals surface area contributed by atoms with E-state index in [2.05, 4.69) is 18.7 Å². The molecular formula is C15H31N. The van der Waals surface area contributed by atoms with Gasteiger partial charge in [-0.15, -0.1) is 0 Å². The molecule has 0 aromatic heterocycles. The zero-order chi connectivity index (χ0) is 11.6. The van der Waals surface area contributed by atoms with E-state index in [9.17, 15) is 0 Å². The van der Waals surface area contributed by atoms with Crippen LogP contribution in [0.25, 0.3) is 0 Å². The van der Waals surface area contributed by atoms with Crippen LogP contribution in [0.5, 0.6) is 0 Å². The molecule has 16 heavy (non-hydrogen) atoms. The summed E-state index contributed by atoms with van der Waals surface area (Å²) in [6.45, 7) is 7.35. The lowest BCUT2D eigenvalue weighted by Crippen LogP contribution is -2.30. The molecule has 0 N–H and O–H groups in total. The molecule has 1 fully saturated rings. The van der Waals surface area contributed by atoms with Crippen LogP contribution in [0.4, 0.5) is 0 Å². The van der Waals surface area contributed by atoms with E-state index < -0.39 is 0 Å². The van der Waals surface area contributed by atoms with Crippen LogP contribution >= 0.6 is 0 Å². The SMILES string of the molecule is CCCCCCCN1CCCC1CCCC. The molecule has 1 aliphatic rings. The number of rotatable bonds is 9. The number of hydrogen-bond acceptors (Lipinski definition) is 1. The van der Waals surface area contributed by atoms with E-state index in [1.807, 2.05) is 0 Å². The predicted molar refractivity (Wildman–Crippen MR) is 72.9 cm³/mol. The summed E-state index contributed by atoms with van der Waals surface area (Å²) >= 11 is 0. The largest absolute Gasteiger partial charge is 0.300 e. The van der Waals surface area contributed by atoms with E-state index in [0.29, 0.717) is 0 Å². The van der Waals surface area contributed by atoms with Crippen molar-refractivity contribution in [2.75, 3.05) is 13.1 Å². The van der Waals surface area contributed by atoms with Crippen molar-refractivity contribution in [3.05, 3.63) is 0 Å². The minimum Gasteiger partial charge on any atom is -0.300 e. The fraction of sp³-hybridized carbons (Fsp3) is 1.00. The highest BCUT2D eigenvalue weighted by atomic mass is 15.2. The Balaban J connectivity index is 2.05. The van der Waals surface area contributed by atoms with Gasteiger partial charge in [-0.1, -0.05) is 52.4 Å². The van der Waals surface area contributed by atoms with Crippen LogP contribution in [0.3, 0.4) is 0 Å². The van der Waals surface area contributed by atoms with Crippen molar-refractivity contribution in [1.29, 1.82) is 0 Å². The summed E-state index contributed by atoms with van der Waals surface area (Å²) in [4.78, 5) is 2.77. The van der Waals surface area contributed by atoms with Gasteiger partial charge >= 0.3 is 0 Å². The Morgan fingerprint density at radius 1 is 0.938 bits per heavy atom. The van der Waals surface area contributed by atoms with Crippen LogP contribution in [0.15, 0.2) is 0 Å². The Hall–Kier alpha value is -0.0400. The Kier molecular flexibility index (Phi) is 7.92. The Morgan fingerprint density at radius 3 is 2.44 bits per heavy atom. The van der Waals surface area contributed by atoms with Crippen molar-refractivity contribution in [2.24, 2.45) is 0 Å². The minimum absolute atomic E-state index is 0.936. The van der Waals surface area contributed by atoms with Crippen LogP contribution in [-0.2, 0) is 0 Å². The molecular weight excluding hydrogens is 194 g/mol. The van der Waals surface area contributed by atoms with Gasteiger partial charge in [0.25, 0.3) is 0 Å². The molecule has 0 radical (unpaired) electrons. The maximum absolute atomic E-state index is 2.77. The molecule has 0 amide bonds. The minimum atomic E-state index is 0.936. The lowest BCUT2D eigenvalue weighted by molar-refractivity contribution is 0.234. The topological polar surface area (TPSA) is 3.24 Å². The van der Waals surface area contributed by atoms with Crippen LogP contribution in [0.2, 0.25) is 0 Å². The van der Waals surface area contributed by atoms with Gasteiger partial charge in [0.05, 0.1) is 0 Å². The van der Waals surface area contributed by atoms with E-state index >= 15 is 0 Å². The molecule has 1 unspecified atom stereocenters. The average molecular weight is 225 g/mol. The fourth-order valence-corrected chi connectivity index (χ4v) is 2.87. The summed E-state index contributed by atoms with van der Waals surface area (Å²) in [5.41, 5.74) is 0. The Labute approximate surface area is 103 Å². The van der Waals surface area contributed by atoms with Crippen LogP contribution in [0, 0.1) is 0 Å². The van der Waals surface area contributed by atoms with E-state index in [4.69, 9.17) is 0 Å². The van der Waals surface area contributed by atoms with Crippen molar-refractivity contribution in [3.8, 4) is 0 Å². The van der Waals surface area contributed by atoms with E-state index in [1.165, 1.54) is 77.3 Å². The summed E-state index contributed by atoms with van der Waals surface area (Å²) in [6.07, 6.45) is 14.3. The molecule has 96 valence electrons. The highest BCUT2D eigenvalue weighted by Gasteiger charge is 2.22. The van der Waals surface area contributed by atoms with Crippen molar-refractivity contribution >= 4 is 0 Å². The van der Waals surface area contributed by atoms with Gasteiger partial charge in [-0.2, -0.15) is 0 Å². The van der Waals surface area contributed by atoms with Gasteiger partial charge in [-0.3, -0.25) is 0 Å². The van der Waals surface area contributed by atoms with Gasteiger partial charge in [-0.05, 0) is 38.8 Å². The van der Waals surface area contributed by atoms with Gasteiger partial charge in [0.15, 0.2) is 0 Å². The molecule has 0 aromatic rings. The van der Waals surface area contributed by atoms with E-state index in [0.717, 1.165) is 6.04 Å². The molecule has 0 bridgehead atoms. The lowest BCUT2D eigenvalue weighted by atomic mass is 10.1. The van der Waals surface area contributed by atoms with Crippen LogP contribution in [-0.4, -0.2) is 24.0 Å². The number of nitrogens with zero attached hydrogens (tertiary/aromatic N) is 1. The van der Waals surface area contributed by atoms with Crippen molar-refractivity contribution in [2.45, 2.75) is 84.1 Å². The van der Waals surface area contributed by atoms with Crippen LogP contribution in [0.1, 0.15) is 78.1 Å². The summed E-state index contributed by atoms with van der Waals surface area (Å²) in [5, 5.41) is 0. The van der Waals surface area contributed by atoms with Gasteiger partial charge in [0, 0.05) is 6.04 Å². The third-order valence-electron chi connectivity index (χ3n) is 3.94. The van der Waals surface area contributed by atoms with Gasteiger partial charge in [0.1, 0.15) is 0 Å². The van der Waals surface area contributed by atoms with Gasteiger partial charge in [0.2, 0.25) is 0 Å². The number of hydrogen-bond donors (Lipinski definition) is 0. The molecule has 1 heterocycles. The predicted octanol–water partition coefficient (Wildman–Crippen LogP) is 4.61. The fourth-order valence-electron chi connectivity index (χ4n) is 2.87. The zero-order valence-corrected chi connectivity index (χ0v) is 11.5. The molecule has 1 nitrogen and oxygen atoms in total. The Bertz CT molecular complexity index is 156. The highest BCUT2D eigenvalue weighted by molar-refractivity contribution is 4.78. The maximum Gasteiger partial charge on any atom is 0.00957 e. The van der Waals surface area contributed by atoms with Crippen molar-refractivity contribution < 1.29 is 0 Å². The molecule has 0 saturated carbocycles. The molecule has 1 atom stereocenters. The summed E-state index contributed by atoms with van der Waals surface area (Å²) < 4.78 is 0. The average Bonchev–Trinajstić information content (AvgIpc) is 2.74. The van der Waals surface area contributed by atoms with E-state index in [1.54, 1.807) is 0 Å². The summed E-state index contributed by atoms with van der Waals surface area (Å²) in [7, 11) is 0. The molecule has 1 aliphatic heterocycles. The van der Waals surface area contributed by atoms with Crippen LogP contribution < -0.4 is 0 Å². The lowest BCUT2D eigenvalue weighted by Gasteiger charge is -2.24. The molecule has 0 aromatic carbocycles. The highest BCUT2D eigenvalue weighted by Crippen LogP contribution is 2.22. The first kappa shape index (κ1) is 14.0. The second-order valence-corrected chi connectivity index (χ2v) is 5.39. The third-order valence-corrected chi connectivity index (χ3v) is 3.94. The first-order chi connectivity index (χ1) is 7.88. The molecule has 1 saturated heterocycles. The maximum atomic E-state index is 2.77. The zero-order valence-electron chi connectivity index (χ0n) is 11.5. The standard InChI is InChI=1S/C15H31N/c1-3-5-7-8-9-13-16-14-10-12-15(16)11-6-4-2/h15H,3-14H2,1-2H3. The smallest absolute Gasteiger partial charge is 0.00957 e. The molecule has 0 aliphatic carbocycles. The van der Waals surface area contributed by atoms with Crippen molar-refractivity contribution in [1.82, 2.24) is 4.90 Å². The summed E-state index contributed by atoms with van der Waals surface area (Å²) in [6, 6.07) is 0.936. The monoisotopic (exact) mass is 225 g/mol. The quantitative estimate of drug-likeness (QED) is 0.518. The van der Waals surface area contributed by atoms with Gasteiger partial charge < -0.3 is 4.90 Å². The number of unbranched alkanes of at least 4 members (excludes halogenated alkanes) is 5. The normalized spacial score (nSPS) is 21.8. The Morgan fingerprint density at radius 2 is 1.69 bits per heavy atom. The number of likely N-dealkylation sites (tertiary alicyclic amines) is 1. The van der Waals surface area contributed by atoms with Gasteiger partial charge in [-0.25, -0.2) is 0 Å².